The molecule has 20 heavy (non-hydrogen) atoms. The molecule has 0 saturated carbocycles. The lowest BCUT2D eigenvalue weighted by atomic mass is 9.83. The van der Waals surface area contributed by atoms with Crippen LogP contribution in [0.5, 0.6) is 0 Å². The Bertz CT molecular complexity index is 567. The summed E-state index contributed by atoms with van der Waals surface area (Å²) in [5.41, 5.74) is 7.66. The molecule has 0 radical (unpaired) electrons. The van der Waals surface area contributed by atoms with E-state index in [1.165, 1.54) is 13.8 Å². The molecule has 5 N–H and O–H groups in total. The van der Waals surface area contributed by atoms with Crippen molar-refractivity contribution in [2.75, 3.05) is 0 Å². The van der Waals surface area contributed by atoms with Crippen molar-refractivity contribution in [2.45, 2.75) is 38.5 Å². The number of aryl methyl sites for hydroxylation is 1. The third-order valence-corrected chi connectivity index (χ3v) is 3.67. The van der Waals surface area contributed by atoms with Crippen LogP contribution in [0.4, 0.5) is 0 Å². The largest absolute Gasteiger partial charge is 0.391 e. The van der Waals surface area contributed by atoms with E-state index in [2.05, 4.69) is 15.4 Å². The van der Waals surface area contributed by atoms with Gasteiger partial charge < -0.3 is 15.9 Å². The highest BCUT2D eigenvalue weighted by molar-refractivity contribution is 5.63. The van der Waals surface area contributed by atoms with E-state index in [1.807, 2.05) is 31.2 Å². The number of aromatic nitrogens is 3. The van der Waals surface area contributed by atoms with Crippen LogP contribution in [-0.4, -0.2) is 37.8 Å². The summed E-state index contributed by atoms with van der Waals surface area (Å²) in [5.74, 6) is 0. The van der Waals surface area contributed by atoms with E-state index in [9.17, 15) is 10.2 Å². The predicted octanol–water partition coefficient (Wildman–Crippen LogP) is 0.696. The number of benzene rings is 1. The van der Waals surface area contributed by atoms with Crippen molar-refractivity contribution < 1.29 is 10.2 Å². The van der Waals surface area contributed by atoms with E-state index < -0.39 is 17.7 Å². The summed E-state index contributed by atoms with van der Waals surface area (Å²) in [7, 11) is 0. The first-order valence-electron chi connectivity index (χ1n) is 6.50. The van der Waals surface area contributed by atoms with Crippen LogP contribution in [0.3, 0.4) is 0 Å². The molecule has 0 fully saturated rings. The average Bonchev–Trinajstić information content (AvgIpc) is 2.87. The Labute approximate surface area is 117 Å². The minimum absolute atomic E-state index is 0.353. The zero-order valence-corrected chi connectivity index (χ0v) is 11.8. The number of nitrogens with zero attached hydrogens (tertiary/aromatic N) is 2. The van der Waals surface area contributed by atoms with Crippen LogP contribution >= 0.6 is 0 Å². The second-order valence-corrected chi connectivity index (χ2v) is 5.17. The van der Waals surface area contributed by atoms with Gasteiger partial charge in [0.15, 0.2) is 0 Å². The molecule has 0 saturated heterocycles. The molecular formula is C14H20N4O2. The van der Waals surface area contributed by atoms with Gasteiger partial charge in [0.2, 0.25) is 0 Å². The quantitative estimate of drug-likeness (QED) is 0.657. The number of aromatic amines is 1. The van der Waals surface area contributed by atoms with Gasteiger partial charge in [0, 0.05) is 5.56 Å². The molecule has 0 aliphatic carbocycles. The Kier molecular flexibility index (Phi) is 3.89. The number of nitrogens with one attached hydrogen (secondary N) is 1. The number of H-pyrrole nitrogens is 1. The number of aliphatic hydroxyl groups is 2. The van der Waals surface area contributed by atoms with Crippen LogP contribution in [-0.2, 0) is 5.54 Å². The lowest BCUT2D eigenvalue weighted by molar-refractivity contribution is 0.00268. The standard InChI is InChI=1S/C14H20N4O2/c1-8-4-6-11(7-5-8)12-13(17-18-16-12)14(15,9(2)19)10(3)20/h4-7,9-10,19-20H,15H2,1-3H3,(H,16,17,18). The van der Waals surface area contributed by atoms with Gasteiger partial charge in [-0.3, -0.25) is 0 Å². The first-order chi connectivity index (χ1) is 9.37. The number of hydrogen-bond acceptors (Lipinski definition) is 5. The van der Waals surface area contributed by atoms with Gasteiger partial charge in [0.25, 0.3) is 0 Å². The molecule has 1 aromatic heterocycles. The number of nitrogens with two attached hydrogens (primary N) is 1. The van der Waals surface area contributed by atoms with Crippen LogP contribution in [0.25, 0.3) is 11.3 Å². The Morgan fingerprint density at radius 3 is 2.15 bits per heavy atom. The zero-order valence-electron chi connectivity index (χ0n) is 11.8. The number of rotatable bonds is 4. The molecule has 2 aromatic rings. The SMILES string of the molecule is Cc1ccc(-c2n[nH]nc2C(N)(C(C)O)C(C)O)cc1. The molecule has 2 unspecified atom stereocenters. The molecule has 0 aliphatic rings. The Morgan fingerprint density at radius 2 is 1.65 bits per heavy atom. The smallest absolute Gasteiger partial charge is 0.118 e. The fourth-order valence-electron chi connectivity index (χ4n) is 2.19. The fourth-order valence-corrected chi connectivity index (χ4v) is 2.19. The molecule has 0 spiro atoms. The van der Waals surface area contributed by atoms with Crippen molar-refractivity contribution in [3.05, 3.63) is 35.5 Å². The maximum Gasteiger partial charge on any atom is 0.118 e. The molecule has 2 atom stereocenters. The summed E-state index contributed by atoms with van der Waals surface area (Å²) in [4.78, 5) is 0. The van der Waals surface area contributed by atoms with Crippen molar-refractivity contribution in [1.82, 2.24) is 15.4 Å². The normalized spacial score (nSPS) is 17.5. The first kappa shape index (κ1) is 14.6. The van der Waals surface area contributed by atoms with Gasteiger partial charge in [-0.05, 0) is 20.8 Å². The summed E-state index contributed by atoms with van der Waals surface area (Å²) in [5, 5.41) is 30.6. The Balaban J connectivity index is 2.55. The third-order valence-electron chi connectivity index (χ3n) is 3.67. The fraction of sp³-hybridized carbons (Fsp3) is 0.429. The molecule has 0 aliphatic heterocycles. The zero-order chi connectivity index (χ0) is 14.9. The van der Waals surface area contributed by atoms with Gasteiger partial charge in [0.05, 0.1) is 12.2 Å². The minimum atomic E-state index is -1.38. The summed E-state index contributed by atoms with van der Waals surface area (Å²) < 4.78 is 0. The Hall–Kier alpha value is -1.76. The highest BCUT2D eigenvalue weighted by Crippen LogP contribution is 2.31. The van der Waals surface area contributed by atoms with Gasteiger partial charge in [-0.2, -0.15) is 15.4 Å². The molecule has 108 valence electrons. The van der Waals surface area contributed by atoms with Crippen LogP contribution in [0.2, 0.25) is 0 Å². The van der Waals surface area contributed by atoms with Gasteiger partial charge in [-0.25, -0.2) is 0 Å². The lowest BCUT2D eigenvalue weighted by Gasteiger charge is -2.33. The van der Waals surface area contributed by atoms with Gasteiger partial charge in [0.1, 0.15) is 16.9 Å². The number of hydrogen-bond donors (Lipinski definition) is 4. The second-order valence-electron chi connectivity index (χ2n) is 5.17. The maximum absolute atomic E-state index is 9.96. The number of aliphatic hydroxyl groups excluding tert-OH is 2. The van der Waals surface area contributed by atoms with E-state index in [4.69, 9.17) is 5.73 Å². The van der Waals surface area contributed by atoms with Crippen molar-refractivity contribution in [3.8, 4) is 11.3 Å². The maximum atomic E-state index is 9.96. The van der Waals surface area contributed by atoms with Crippen molar-refractivity contribution in [2.24, 2.45) is 5.73 Å². The minimum Gasteiger partial charge on any atom is -0.391 e. The van der Waals surface area contributed by atoms with Gasteiger partial charge in [-0.1, -0.05) is 29.8 Å². The molecule has 0 amide bonds. The summed E-state index contributed by atoms with van der Waals surface area (Å²) >= 11 is 0. The molecule has 0 bridgehead atoms. The molecule has 2 rings (SSSR count). The van der Waals surface area contributed by atoms with Gasteiger partial charge >= 0.3 is 0 Å². The van der Waals surface area contributed by atoms with Crippen LogP contribution in [0, 0.1) is 6.92 Å². The molecule has 6 heteroatoms. The van der Waals surface area contributed by atoms with E-state index >= 15 is 0 Å². The highest BCUT2D eigenvalue weighted by atomic mass is 16.3. The van der Waals surface area contributed by atoms with Gasteiger partial charge in [-0.15, -0.1) is 0 Å². The third kappa shape index (κ3) is 2.33. The second kappa shape index (κ2) is 5.32. The topological polar surface area (TPSA) is 108 Å². The lowest BCUT2D eigenvalue weighted by Crippen LogP contribution is -2.55. The Morgan fingerprint density at radius 1 is 1.10 bits per heavy atom. The van der Waals surface area contributed by atoms with Crippen molar-refractivity contribution >= 4 is 0 Å². The summed E-state index contributed by atoms with van der Waals surface area (Å²) in [6.07, 6.45) is -1.95. The van der Waals surface area contributed by atoms with Crippen LogP contribution < -0.4 is 5.73 Å². The molecule has 1 aromatic carbocycles. The highest BCUT2D eigenvalue weighted by Gasteiger charge is 2.42. The van der Waals surface area contributed by atoms with E-state index in [1.54, 1.807) is 0 Å². The first-order valence-corrected chi connectivity index (χ1v) is 6.50. The van der Waals surface area contributed by atoms with Crippen molar-refractivity contribution in [1.29, 1.82) is 0 Å². The molecule has 1 heterocycles. The van der Waals surface area contributed by atoms with Crippen molar-refractivity contribution in [3.63, 3.8) is 0 Å². The molecular weight excluding hydrogens is 256 g/mol. The van der Waals surface area contributed by atoms with Crippen LogP contribution in [0.1, 0.15) is 25.1 Å². The van der Waals surface area contributed by atoms with E-state index in [0.29, 0.717) is 11.4 Å². The average molecular weight is 276 g/mol. The molecule has 6 nitrogen and oxygen atoms in total. The summed E-state index contributed by atoms with van der Waals surface area (Å²) in [6.45, 7) is 5.05. The monoisotopic (exact) mass is 276 g/mol. The van der Waals surface area contributed by atoms with E-state index in [-0.39, 0.29) is 0 Å². The van der Waals surface area contributed by atoms with E-state index in [0.717, 1.165) is 11.1 Å². The van der Waals surface area contributed by atoms with Crippen LogP contribution in [0.15, 0.2) is 24.3 Å². The predicted molar refractivity (Wildman–Crippen MR) is 75.8 cm³/mol. The summed E-state index contributed by atoms with van der Waals surface area (Å²) in [6, 6.07) is 7.72.